The lowest BCUT2D eigenvalue weighted by Crippen LogP contribution is -2.46. The van der Waals surface area contributed by atoms with Crippen LogP contribution in [0.5, 0.6) is 0 Å². The Morgan fingerprint density at radius 2 is 2.12 bits per heavy atom. The van der Waals surface area contributed by atoms with Gasteiger partial charge in [-0.2, -0.15) is 0 Å². The van der Waals surface area contributed by atoms with Crippen LogP contribution in [0.1, 0.15) is 39.0 Å². The smallest absolute Gasteiger partial charge is 0.288 e. The quantitative estimate of drug-likeness (QED) is 0.757. The molecule has 1 saturated heterocycles. The maximum absolute atomic E-state index is 12.9. The second-order valence-corrected chi connectivity index (χ2v) is 7.18. The van der Waals surface area contributed by atoms with Crippen LogP contribution in [0.25, 0.3) is 0 Å². The molecule has 3 aliphatic rings. The fourth-order valence-electron chi connectivity index (χ4n) is 4.06. The summed E-state index contributed by atoms with van der Waals surface area (Å²) in [6.07, 6.45) is 6.92. The van der Waals surface area contributed by atoms with Gasteiger partial charge in [-0.1, -0.05) is 6.42 Å². The summed E-state index contributed by atoms with van der Waals surface area (Å²) in [5.74, 6) is 1.50. The molecule has 0 aromatic rings. The Balaban J connectivity index is 1.79. The summed E-state index contributed by atoms with van der Waals surface area (Å²) in [7, 11) is 0. The van der Waals surface area contributed by atoms with Gasteiger partial charge < -0.3 is 24.2 Å². The summed E-state index contributed by atoms with van der Waals surface area (Å²) in [4.78, 5) is 14.7. The van der Waals surface area contributed by atoms with Gasteiger partial charge in [-0.25, -0.2) is 0 Å². The number of hydrogen-bond acceptors (Lipinski definition) is 5. The van der Waals surface area contributed by atoms with Crippen LogP contribution in [-0.4, -0.2) is 61.7 Å². The Labute approximate surface area is 150 Å². The third kappa shape index (κ3) is 4.36. The highest BCUT2D eigenvalue weighted by atomic mass is 16.7. The van der Waals surface area contributed by atoms with Crippen LogP contribution >= 0.6 is 0 Å². The van der Waals surface area contributed by atoms with Crippen LogP contribution in [0.2, 0.25) is 0 Å². The molecular weight excluding hydrogens is 322 g/mol. The van der Waals surface area contributed by atoms with Crippen LogP contribution in [0.3, 0.4) is 0 Å². The Hall–Kier alpha value is -1.11. The maximum Gasteiger partial charge on any atom is 0.288 e. The second kappa shape index (κ2) is 9.01. The van der Waals surface area contributed by atoms with Gasteiger partial charge in [-0.3, -0.25) is 4.79 Å². The first-order valence-electron chi connectivity index (χ1n) is 9.72. The lowest BCUT2D eigenvalue weighted by molar-refractivity contribution is -0.182. The summed E-state index contributed by atoms with van der Waals surface area (Å²) in [5, 5.41) is 9.25. The van der Waals surface area contributed by atoms with Crippen molar-refractivity contribution in [2.75, 3.05) is 39.5 Å². The molecule has 142 valence electrons. The number of nitrogens with zero attached hydrogens (tertiary/aromatic N) is 1. The molecular formula is C19H31NO5. The number of carbonyl (C=O) groups is 1. The van der Waals surface area contributed by atoms with Gasteiger partial charge in [-0.05, 0) is 50.5 Å². The van der Waals surface area contributed by atoms with Gasteiger partial charge in [0.15, 0.2) is 5.76 Å². The number of ether oxygens (including phenoxy) is 3. The molecule has 2 aliphatic heterocycles. The monoisotopic (exact) mass is 353 g/mol. The number of rotatable bonds is 7. The molecule has 2 fully saturated rings. The Morgan fingerprint density at radius 3 is 2.72 bits per heavy atom. The van der Waals surface area contributed by atoms with E-state index in [1.807, 2.05) is 11.8 Å². The van der Waals surface area contributed by atoms with Gasteiger partial charge in [0.2, 0.25) is 6.29 Å². The number of aliphatic hydroxyl groups is 1. The van der Waals surface area contributed by atoms with E-state index in [0.717, 1.165) is 12.8 Å². The highest BCUT2D eigenvalue weighted by Gasteiger charge is 2.42. The van der Waals surface area contributed by atoms with Gasteiger partial charge >= 0.3 is 0 Å². The third-order valence-corrected chi connectivity index (χ3v) is 5.66. The van der Waals surface area contributed by atoms with E-state index in [-0.39, 0.29) is 18.4 Å². The molecule has 3 atom stereocenters. The maximum atomic E-state index is 12.9. The van der Waals surface area contributed by atoms with E-state index in [1.165, 1.54) is 19.3 Å². The number of allylic oxidation sites excluding steroid dienone is 1. The van der Waals surface area contributed by atoms with Crippen molar-refractivity contribution >= 4 is 5.91 Å². The van der Waals surface area contributed by atoms with Gasteiger partial charge in [0.05, 0.1) is 13.2 Å². The minimum Gasteiger partial charge on any atom is -0.459 e. The summed E-state index contributed by atoms with van der Waals surface area (Å²) >= 11 is 0. The molecule has 3 rings (SSSR count). The third-order valence-electron chi connectivity index (χ3n) is 5.66. The Kier molecular flexibility index (Phi) is 6.73. The zero-order valence-electron chi connectivity index (χ0n) is 15.2. The summed E-state index contributed by atoms with van der Waals surface area (Å²) < 4.78 is 17.2. The van der Waals surface area contributed by atoms with E-state index >= 15 is 0 Å². The molecule has 0 spiro atoms. The molecule has 1 N–H and O–H groups in total. The van der Waals surface area contributed by atoms with Crippen LogP contribution in [0.4, 0.5) is 0 Å². The van der Waals surface area contributed by atoms with Crippen molar-refractivity contribution in [2.24, 2.45) is 17.8 Å². The molecule has 0 bridgehead atoms. The van der Waals surface area contributed by atoms with Crippen molar-refractivity contribution in [2.45, 2.75) is 45.3 Å². The molecule has 0 unspecified atom stereocenters. The average Bonchev–Trinajstić information content (AvgIpc) is 2.60. The first kappa shape index (κ1) is 18.7. The molecule has 6 heteroatoms. The normalized spacial score (nSPS) is 30.4. The van der Waals surface area contributed by atoms with Gasteiger partial charge in [0, 0.05) is 32.2 Å². The van der Waals surface area contributed by atoms with Gasteiger partial charge in [0.25, 0.3) is 5.91 Å². The van der Waals surface area contributed by atoms with E-state index in [1.54, 1.807) is 0 Å². The van der Waals surface area contributed by atoms with Crippen LogP contribution in [-0.2, 0) is 19.0 Å². The van der Waals surface area contributed by atoms with Crippen LogP contribution in [0, 0.1) is 17.8 Å². The molecule has 2 heterocycles. The standard InChI is InChI=1S/C19H31NO5/c1-2-24-19-15(7-4-10-21)16(14-5-3-6-14)13-17(25-19)18(22)20-8-11-23-12-9-20/h13-16,19,21H,2-12H2,1H3/t15-,16+,19+/m0/s1. The highest BCUT2D eigenvalue weighted by molar-refractivity contribution is 5.91. The fraction of sp³-hybridized carbons (Fsp3) is 0.842. The molecule has 1 aliphatic carbocycles. The number of morpholine rings is 1. The Bertz CT molecular complexity index is 470. The van der Waals surface area contributed by atoms with E-state index < -0.39 is 6.29 Å². The van der Waals surface area contributed by atoms with E-state index in [4.69, 9.17) is 14.2 Å². The zero-order chi connectivity index (χ0) is 17.6. The fourth-order valence-corrected chi connectivity index (χ4v) is 4.06. The minimum absolute atomic E-state index is 0.0436. The van der Waals surface area contributed by atoms with Crippen LogP contribution < -0.4 is 0 Å². The predicted octanol–water partition coefficient (Wildman–Crippen LogP) is 1.93. The predicted molar refractivity (Wildman–Crippen MR) is 92.6 cm³/mol. The highest BCUT2D eigenvalue weighted by Crippen LogP contribution is 2.44. The first-order valence-corrected chi connectivity index (χ1v) is 9.72. The SMILES string of the molecule is CCO[C@@H]1OC(C(=O)N2CCOCC2)=C[C@H](C2CCC2)[C@@H]1CCCO. The molecule has 0 aromatic carbocycles. The molecule has 1 saturated carbocycles. The van der Waals surface area contributed by atoms with E-state index in [0.29, 0.717) is 50.5 Å². The molecule has 6 nitrogen and oxygen atoms in total. The topological polar surface area (TPSA) is 68.2 Å². The lowest BCUT2D eigenvalue weighted by atomic mass is 9.68. The van der Waals surface area contributed by atoms with Gasteiger partial charge in [0.1, 0.15) is 0 Å². The van der Waals surface area contributed by atoms with Crippen molar-refractivity contribution < 1.29 is 24.1 Å². The molecule has 0 radical (unpaired) electrons. The van der Waals surface area contributed by atoms with Crippen molar-refractivity contribution in [3.8, 4) is 0 Å². The molecule has 0 aromatic heterocycles. The van der Waals surface area contributed by atoms with Crippen LogP contribution in [0.15, 0.2) is 11.8 Å². The van der Waals surface area contributed by atoms with Gasteiger partial charge in [-0.15, -0.1) is 0 Å². The van der Waals surface area contributed by atoms with E-state index in [9.17, 15) is 9.90 Å². The van der Waals surface area contributed by atoms with Crippen molar-refractivity contribution in [3.05, 3.63) is 11.8 Å². The largest absolute Gasteiger partial charge is 0.459 e. The summed E-state index contributed by atoms with van der Waals surface area (Å²) in [6.45, 7) is 5.07. The van der Waals surface area contributed by atoms with Crippen molar-refractivity contribution in [1.82, 2.24) is 4.90 Å². The number of carbonyl (C=O) groups excluding carboxylic acids is 1. The molecule has 1 amide bonds. The number of aliphatic hydroxyl groups excluding tert-OH is 1. The number of hydrogen-bond donors (Lipinski definition) is 1. The molecule has 25 heavy (non-hydrogen) atoms. The summed E-state index contributed by atoms with van der Waals surface area (Å²) in [6, 6.07) is 0. The second-order valence-electron chi connectivity index (χ2n) is 7.18. The zero-order valence-corrected chi connectivity index (χ0v) is 15.2. The lowest BCUT2D eigenvalue weighted by Gasteiger charge is -2.43. The van der Waals surface area contributed by atoms with Crippen molar-refractivity contribution in [1.29, 1.82) is 0 Å². The van der Waals surface area contributed by atoms with E-state index in [2.05, 4.69) is 6.08 Å². The first-order chi connectivity index (χ1) is 12.2. The van der Waals surface area contributed by atoms with Crippen molar-refractivity contribution in [3.63, 3.8) is 0 Å². The minimum atomic E-state index is -0.396. The Morgan fingerprint density at radius 1 is 1.36 bits per heavy atom. The summed E-state index contributed by atoms with van der Waals surface area (Å²) in [5.41, 5.74) is 0. The number of amides is 1. The average molecular weight is 353 g/mol.